The van der Waals surface area contributed by atoms with Crippen LogP contribution in [0.3, 0.4) is 0 Å². The van der Waals surface area contributed by atoms with Crippen molar-refractivity contribution in [2.75, 3.05) is 6.61 Å². The third-order valence-electron chi connectivity index (χ3n) is 5.46. The Morgan fingerprint density at radius 3 is 2.27 bits per heavy atom. The maximum absolute atomic E-state index is 13.2. The normalized spacial score (nSPS) is 20.0. The van der Waals surface area contributed by atoms with Crippen molar-refractivity contribution in [1.29, 1.82) is 0 Å². The molecule has 1 aromatic carbocycles. The fourth-order valence-corrected chi connectivity index (χ4v) is 4.75. The minimum atomic E-state index is -5.00. The van der Waals surface area contributed by atoms with Crippen molar-refractivity contribution < 1.29 is 30.6 Å². The van der Waals surface area contributed by atoms with Crippen LogP contribution in [0.1, 0.15) is 63.9 Å². The molecule has 0 saturated carbocycles. The Morgan fingerprint density at radius 1 is 1.07 bits per heavy atom. The molecule has 30 heavy (non-hydrogen) atoms. The van der Waals surface area contributed by atoms with Crippen molar-refractivity contribution in [3.63, 3.8) is 0 Å². The molecule has 1 aliphatic rings. The van der Waals surface area contributed by atoms with Crippen LogP contribution in [-0.4, -0.2) is 44.1 Å². The largest absolute Gasteiger partial charge is 0.471 e. The van der Waals surface area contributed by atoms with Crippen LogP contribution in [0.4, 0.5) is 13.2 Å². The van der Waals surface area contributed by atoms with Gasteiger partial charge in [-0.1, -0.05) is 56.7 Å². The van der Waals surface area contributed by atoms with Crippen LogP contribution >= 0.6 is 0 Å². The number of aryl methyl sites for hydroxylation is 1. The van der Waals surface area contributed by atoms with Crippen LogP contribution in [0.2, 0.25) is 0 Å². The molecule has 1 fully saturated rings. The molecule has 1 aromatic rings. The second kappa shape index (κ2) is 10.6. The van der Waals surface area contributed by atoms with Crippen molar-refractivity contribution in [2.24, 2.45) is 0 Å². The number of halogens is 3. The highest BCUT2D eigenvalue weighted by Gasteiger charge is 2.49. The molecule has 1 heterocycles. The Balaban J connectivity index is 2.05. The lowest BCUT2D eigenvalue weighted by atomic mass is 10.0. The van der Waals surface area contributed by atoms with E-state index in [0.717, 1.165) is 42.6 Å². The average molecular weight is 450 g/mol. The van der Waals surface area contributed by atoms with E-state index in [-0.39, 0.29) is 11.3 Å². The molecular formula is C21H30F3NO4S. The van der Waals surface area contributed by atoms with Gasteiger partial charge in [-0.05, 0) is 38.3 Å². The quantitative estimate of drug-likeness (QED) is 0.373. The first-order valence-corrected chi connectivity index (χ1v) is 11.8. The van der Waals surface area contributed by atoms with Crippen molar-refractivity contribution in [3.8, 4) is 0 Å². The van der Waals surface area contributed by atoms with Crippen LogP contribution in [0, 0.1) is 6.92 Å². The number of carbonyl (C=O) groups is 1. The fourth-order valence-electron chi connectivity index (χ4n) is 3.81. The van der Waals surface area contributed by atoms with Gasteiger partial charge in [0, 0.05) is 6.04 Å². The molecule has 0 unspecified atom stereocenters. The van der Waals surface area contributed by atoms with Gasteiger partial charge in [-0.3, -0.25) is 8.98 Å². The number of benzene rings is 1. The first kappa shape index (κ1) is 24.7. The summed E-state index contributed by atoms with van der Waals surface area (Å²) in [5.74, 6) is -1.92. The molecule has 1 aliphatic heterocycles. The lowest BCUT2D eigenvalue weighted by molar-refractivity contribution is -0.189. The Morgan fingerprint density at radius 2 is 1.67 bits per heavy atom. The number of carbonyl (C=O) groups excluding carboxylic acids is 1. The SMILES string of the molecule is CCCCCCC[C@H]1CC[C@@H](COS(=O)(=O)c2ccc(C)cc2)N1C(=O)C(F)(F)F. The summed E-state index contributed by atoms with van der Waals surface area (Å²) in [6.45, 7) is 3.40. The number of alkyl halides is 3. The molecule has 0 bridgehead atoms. The number of hydrogen-bond acceptors (Lipinski definition) is 4. The maximum Gasteiger partial charge on any atom is 0.471 e. The molecular weight excluding hydrogens is 419 g/mol. The molecule has 170 valence electrons. The summed E-state index contributed by atoms with van der Waals surface area (Å²) in [5, 5.41) is 0. The summed E-state index contributed by atoms with van der Waals surface area (Å²) in [7, 11) is -4.11. The topological polar surface area (TPSA) is 63.7 Å². The van der Waals surface area contributed by atoms with Crippen molar-refractivity contribution in [1.82, 2.24) is 4.90 Å². The van der Waals surface area contributed by atoms with Crippen molar-refractivity contribution in [2.45, 2.75) is 88.4 Å². The smallest absolute Gasteiger partial charge is 0.327 e. The van der Waals surface area contributed by atoms with Crippen LogP contribution in [0.25, 0.3) is 0 Å². The predicted octanol–water partition coefficient (Wildman–Crippen LogP) is 4.98. The molecule has 0 radical (unpaired) electrons. The third-order valence-corrected chi connectivity index (χ3v) is 6.76. The number of hydrogen-bond donors (Lipinski definition) is 0. The highest BCUT2D eigenvalue weighted by Crippen LogP contribution is 2.33. The van der Waals surface area contributed by atoms with E-state index in [2.05, 4.69) is 6.92 Å². The van der Waals surface area contributed by atoms with Gasteiger partial charge < -0.3 is 4.90 Å². The second-order valence-corrected chi connectivity index (χ2v) is 9.47. The Labute approximate surface area is 176 Å². The summed E-state index contributed by atoms with van der Waals surface area (Å²) in [4.78, 5) is 12.8. The Hall–Kier alpha value is -1.61. The summed E-state index contributed by atoms with van der Waals surface area (Å²) < 4.78 is 69.3. The zero-order chi connectivity index (χ0) is 22.4. The van der Waals surface area contributed by atoms with E-state index < -0.39 is 40.9 Å². The maximum atomic E-state index is 13.2. The van der Waals surface area contributed by atoms with Gasteiger partial charge in [0.1, 0.15) is 0 Å². The molecule has 0 aliphatic carbocycles. The van der Waals surface area contributed by atoms with Crippen LogP contribution < -0.4 is 0 Å². The summed E-state index contributed by atoms with van der Waals surface area (Å²) in [5.41, 5.74) is 0.869. The molecule has 2 atom stereocenters. The van der Waals surface area contributed by atoms with Gasteiger partial charge in [0.05, 0.1) is 17.5 Å². The molecule has 1 amide bonds. The van der Waals surface area contributed by atoms with Gasteiger partial charge >= 0.3 is 12.1 Å². The van der Waals surface area contributed by atoms with Gasteiger partial charge in [-0.2, -0.15) is 21.6 Å². The van der Waals surface area contributed by atoms with E-state index in [1.807, 2.05) is 0 Å². The van der Waals surface area contributed by atoms with Crippen molar-refractivity contribution in [3.05, 3.63) is 29.8 Å². The zero-order valence-electron chi connectivity index (χ0n) is 17.5. The van der Waals surface area contributed by atoms with Crippen LogP contribution in [-0.2, 0) is 19.1 Å². The third kappa shape index (κ3) is 6.70. The van der Waals surface area contributed by atoms with E-state index in [0.29, 0.717) is 12.8 Å². The molecule has 1 saturated heterocycles. The average Bonchev–Trinajstić information content (AvgIpc) is 3.08. The van der Waals surface area contributed by atoms with Gasteiger partial charge in [-0.15, -0.1) is 0 Å². The predicted molar refractivity (Wildman–Crippen MR) is 107 cm³/mol. The highest BCUT2D eigenvalue weighted by atomic mass is 32.2. The standard InChI is InChI=1S/C21H30F3NO4S/c1-3-4-5-6-7-8-17-11-12-18(25(17)20(26)21(22,23)24)15-29-30(27,28)19-13-9-16(2)10-14-19/h9-10,13-14,17-18H,3-8,11-12,15H2,1-2H3/t17-,18-/m0/s1. The Bertz CT molecular complexity index is 793. The summed E-state index contributed by atoms with van der Waals surface area (Å²) in [6, 6.07) is 4.53. The first-order chi connectivity index (χ1) is 14.1. The number of amides is 1. The van der Waals surface area contributed by atoms with Crippen molar-refractivity contribution >= 4 is 16.0 Å². The Kier molecular flexibility index (Phi) is 8.73. The van der Waals surface area contributed by atoms with Crippen LogP contribution in [0.15, 0.2) is 29.2 Å². The van der Waals surface area contributed by atoms with Gasteiger partial charge in [0.15, 0.2) is 0 Å². The molecule has 0 spiro atoms. The monoisotopic (exact) mass is 449 g/mol. The fraction of sp³-hybridized carbons (Fsp3) is 0.667. The molecule has 0 aromatic heterocycles. The highest BCUT2D eigenvalue weighted by molar-refractivity contribution is 7.86. The molecule has 9 heteroatoms. The molecule has 5 nitrogen and oxygen atoms in total. The van der Waals surface area contributed by atoms with E-state index >= 15 is 0 Å². The number of rotatable bonds is 10. The van der Waals surface area contributed by atoms with Gasteiger partial charge in [-0.25, -0.2) is 0 Å². The molecule has 0 N–H and O–H groups in total. The second-order valence-electron chi connectivity index (χ2n) is 7.85. The number of unbranched alkanes of at least 4 members (excludes halogenated alkanes) is 4. The minimum absolute atomic E-state index is 0.0627. The number of nitrogens with zero attached hydrogens (tertiary/aromatic N) is 1. The summed E-state index contributed by atoms with van der Waals surface area (Å²) >= 11 is 0. The summed E-state index contributed by atoms with van der Waals surface area (Å²) in [6.07, 6.45) is 0.964. The minimum Gasteiger partial charge on any atom is -0.327 e. The van der Waals surface area contributed by atoms with Crippen LogP contribution in [0.5, 0.6) is 0 Å². The lowest BCUT2D eigenvalue weighted by Gasteiger charge is -2.31. The van der Waals surface area contributed by atoms with Gasteiger partial charge in [0.2, 0.25) is 0 Å². The van der Waals surface area contributed by atoms with Gasteiger partial charge in [0.25, 0.3) is 10.1 Å². The van der Waals surface area contributed by atoms with E-state index in [1.165, 1.54) is 12.1 Å². The van der Waals surface area contributed by atoms with E-state index in [9.17, 15) is 26.4 Å². The first-order valence-electron chi connectivity index (χ1n) is 10.4. The lowest BCUT2D eigenvalue weighted by Crippen LogP contribution is -2.49. The zero-order valence-corrected chi connectivity index (χ0v) is 18.3. The number of likely N-dealkylation sites (tertiary alicyclic amines) is 1. The van der Waals surface area contributed by atoms with E-state index in [1.54, 1.807) is 19.1 Å². The van der Waals surface area contributed by atoms with E-state index in [4.69, 9.17) is 4.18 Å². The molecule has 2 rings (SSSR count).